The highest BCUT2D eigenvalue weighted by Gasteiger charge is 2.24. The number of hydrogen-bond donors (Lipinski definition) is 0. The molecule has 2 aliphatic heterocycles. The Bertz CT molecular complexity index is 507. The van der Waals surface area contributed by atoms with Crippen LogP contribution in [0.3, 0.4) is 0 Å². The second-order valence-electron chi connectivity index (χ2n) is 5.79. The van der Waals surface area contributed by atoms with E-state index in [0.717, 1.165) is 18.5 Å². The first-order valence-corrected chi connectivity index (χ1v) is 7.43. The molecule has 3 rings (SSSR count). The Morgan fingerprint density at radius 3 is 2.65 bits per heavy atom. The van der Waals surface area contributed by atoms with Crippen LogP contribution in [0.25, 0.3) is 0 Å². The standard InChI is InChI=1S/C16H22N2O2/c1-12(2)18-6-5-13-11-14(3-4-15(13)18)16(19)17-7-9-20-10-8-17/h3-4,11-12H,5-10H2,1-2H3. The maximum Gasteiger partial charge on any atom is 0.254 e. The van der Waals surface area contributed by atoms with E-state index in [4.69, 9.17) is 4.74 Å². The number of anilines is 1. The summed E-state index contributed by atoms with van der Waals surface area (Å²) in [4.78, 5) is 16.8. The normalized spacial score (nSPS) is 18.6. The van der Waals surface area contributed by atoms with Gasteiger partial charge >= 0.3 is 0 Å². The van der Waals surface area contributed by atoms with Crippen molar-refractivity contribution >= 4 is 11.6 Å². The number of benzene rings is 1. The van der Waals surface area contributed by atoms with E-state index in [1.807, 2.05) is 11.0 Å². The molecule has 0 atom stereocenters. The van der Waals surface area contributed by atoms with Crippen molar-refractivity contribution in [3.05, 3.63) is 29.3 Å². The Hall–Kier alpha value is -1.55. The summed E-state index contributed by atoms with van der Waals surface area (Å²) >= 11 is 0. The molecule has 0 radical (unpaired) electrons. The van der Waals surface area contributed by atoms with Crippen LogP contribution in [-0.2, 0) is 11.2 Å². The Labute approximate surface area is 120 Å². The van der Waals surface area contributed by atoms with E-state index >= 15 is 0 Å². The molecule has 4 heteroatoms. The van der Waals surface area contributed by atoms with Crippen LogP contribution in [0.15, 0.2) is 18.2 Å². The van der Waals surface area contributed by atoms with E-state index in [-0.39, 0.29) is 5.91 Å². The molecule has 0 aliphatic carbocycles. The highest BCUT2D eigenvalue weighted by molar-refractivity contribution is 5.95. The minimum absolute atomic E-state index is 0.138. The number of ether oxygens (including phenoxy) is 1. The van der Waals surface area contributed by atoms with Gasteiger partial charge in [0.05, 0.1) is 13.2 Å². The molecule has 20 heavy (non-hydrogen) atoms. The molecule has 0 spiro atoms. The molecule has 0 N–H and O–H groups in total. The molecule has 4 nitrogen and oxygen atoms in total. The number of fused-ring (bicyclic) bond motifs is 1. The molecule has 2 aliphatic rings. The van der Waals surface area contributed by atoms with Crippen LogP contribution in [0.4, 0.5) is 5.69 Å². The van der Waals surface area contributed by atoms with Crippen molar-refractivity contribution in [3.8, 4) is 0 Å². The van der Waals surface area contributed by atoms with Gasteiger partial charge in [-0.1, -0.05) is 0 Å². The second kappa shape index (κ2) is 5.44. The molecular formula is C16H22N2O2. The summed E-state index contributed by atoms with van der Waals surface area (Å²) in [6.07, 6.45) is 1.04. The molecule has 108 valence electrons. The third-order valence-corrected chi connectivity index (χ3v) is 4.18. The lowest BCUT2D eigenvalue weighted by Crippen LogP contribution is -2.40. The number of carbonyl (C=O) groups excluding carboxylic acids is 1. The van der Waals surface area contributed by atoms with Gasteiger partial charge < -0.3 is 14.5 Å². The number of nitrogens with zero attached hydrogens (tertiary/aromatic N) is 2. The molecule has 1 fully saturated rings. The number of morpholine rings is 1. The third-order valence-electron chi connectivity index (χ3n) is 4.18. The zero-order valence-electron chi connectivity index (χ0n) is 12.3. The molecule has 1 aromatic rings. The molecule has 0 aromatic heterocycles. The lowest BCUT2D eigenvalue weighted by atomic mass is 10.1. The SMILES string of the molecule is CC(C)N1CCc2cc(C(=O)N3CCOCC3)ccc21. The van der Waals surface area contributed by atoms with Crippen LogP contribution in [0.1, 0.15) is 29.8 Å². The fourth-order valence-electron chi connectivity index (χ4n) is 3.05. The summed E-state index contributed by atoms with van der Waals surface area (Å²) in [6.45, 7) is 8.18. The average Bonchev–Trinajstić information content (AvgIpc) is 2.90. The number of carbonyl (C=O) groups is 1. The van der Waals surface area contributed by atoms with Gasteiger partial charge in [-0.2, -0.15) is 0 Å². The smallest absolute Gasteiger partial charge is 0.254 e. The van der Waals surface area contributed by atoms with E-state index in [0.29, 0.717) is 32.3 Å². The van der Waals surface area contributed by atoms with Crippen molar-refractivity contribution in [2.45, 2.75) is 26.3 Å². The van der Waals surface area contributed by atoms with Gasteiger partial charge in [-0.25, -0.2) is 0 Å². The number of hydrogen-bond acceptors (Lipinski definition) is 3. The van der Waals surface area contributed by atoms with Gasteiger partial charge in [0.15, 0.2) is 0 Å². The van der Waals surface area contributed by atoms with Gasteiger partial charge in [0, 0.05) is 36.9 Å². The molecule has 0 bridgehead atoms. The van der Waals surface area contributed by atoms with Crippen LogP contribution in [0.2, 0.25) is 0 Å². The third kappa shape index (κ3) is 2.40. The zero-order chi connectivity index (χ0) is 14.1. The van der Waals surface area contributed by atoms with Crippen molar-refractivity contribution in [3.63, 3.8) is 0 Å². The Morgan fingerprint density at radius 1 is 1.20 bits per heavy atom. The topological polar surface area (TPSA) is 32.8 Å². The summed E-state index contributed by atoms with van der Waals surface area (Å²) in [5, 5.41) is 0. The maximum atomic E-state index is 12.5. The Kier molecular flexibility index (Phi) is 3.66. The van der Waals surface area contributed by atoms with Crippen LogP contribution in [0, 0.1) is 0 Å². The van der Waals surface area contributed by atoms with E-state index in [1.54, 1.807) is 0 Å². The molecule has 0 unspecified atom stereocenters. The summed E-state index contributed by atoms with van der Waals surface area (Å²) in [5.41, 5.74) is 3.41. The van der Waals surface area contributed by atoms with E-state index < -0.39 is 0 Å². The largest absolute Gasteiger partial charge is 0.378 e. The van der Waals surface area contributed by atoms with Gasteiger partial charge in [-0.15, -0.1) is 0 Å². The predicted molar refractivity (Wildman–Crippen MR) is 79.4 cm³/mol. The summed E-state index contributed by atoms with van der Waals surface area (Å²) in [6, 6.07) is 6.67. The summed E-state index contributed by atoms with van der Waals surface area (Å²) in [5.74, 6) is 0.138. The van der Waals surface area contributed by atoms with Gasteiger partial charge in [0.25, 0.3) is 5.91 Å². The fraction of sp³-hybridized carbons (Fsp3) is 0.562. The van der Waals surface area contributed by atoms with Crippen molar-refractivity contribution in [1.29, 1.82) is 0 Å². The van der Waals surface area contributed by atoms with Gasteiger partial charge in [-0.3, -0.25) is 4.79 Å². The van der Waals surface area contributed by atoms with Crippen LogP contribution >= 0.6 is 0 Å². The fourth-order valence-corrected chi connectivity index (χ4v) is 3.05. The first-order chi connectivity index (χ1) is 9.66. The van der Waals surface area contributed by atoms with Crippen LogP contribution < -0.4 is 4.90 Å². The summed E-state index contributed by atoms with van der Waals surface area (Å²) < 4.78 is 5.30. The first kappa shape index (κ1) is 13.4. The second-order valence-corrected chi connectivity index (χ2v) is 5.79. The Balaban J connectivity index is 1.81. The monoisotopic (exact) mass is 274 g/mol. The highest BCUT2D eigenvalue weighted by atomic mass is 16.5. The van der Waals surface area contributed by atoms with Gasteiger partial charge in [0.1, 0.15) is 0 Å². The van der Waals surface area contributed by atoms with Crippen molar-refractivity contribution in [1.82, 2.24) is 4.90 Å². The minimum Gasteiger partial charge on any atom is -0.378 e. The van der Waals surface area contributed by atoms with E-state index in [9.17, 15) is 4.79 Å². The van der Waals surface area contributed by atoms with Crippen molar-refractivity contribution in [2.75, 3.05) is 37.7 Å². The maximum absolute atomic E-state index is 12.5. The number of amides is 1. The number of rotatable bonds is 2. The molecule has 0 saturated carbocycles. The van der Waals surface area contributed by atoms with E-state index in [2.05, 4.69) is 30.9 Å². The molecular weight excluding hydrogens is 252 g/mol. The van der Waals surface area contributed by atoms with Crippen LogP contribution in [0.5, 0.6) is 0 Å². The predicted octanol–water partition coefficient (Wildman–Crippen LogP) is 1.93. The van der Waals surface area contributed by atoms with Crippen molar-refractivity contribution < 1.29 is 9.53 Å². The minimum atomic E-state index is 0.138. The zero-order valence-corrected chi connectivity index (χ0v) is 12.3. The van der Waals surface area contributed by atoms with Crippen LogP contribution in [-0.4, -0.2) is 49.7 Å². The lowest BCUT2D eigenvalue weighted by Gasteiger charge is -2.27. The van der Waals surface area contributed by atoms with Gasteiger partial charge in [-0.05, 0) is 44.0 Å². The first-order valence-electron chi connectivity index (χ1n) is 7.43. The van der Waals surface area contributed by atoms with Crippen molar-refractivity contribution in [2.24, 2.45) is 0 Å². The molecule has 1 aromatic carbocycles. The lowest BCUT2D eigenvalue weighted by molar-refractivity contribution is 0.0303. The Morgan fingerprint density at radius 2 is 1.95 bits per heavy atom. The quantitative estimate of drug-likeness (QED) is 0.826. The highest BCUT2D eigenvalue weighted by Crippen LogP contribution is 2.30. The molecule has 1 amide bonds. The summed E-state index contributed by atoms with van der Waals surface area (Å²) in [7, 11) is 0. The van der Waals surface area contributed by atoms with E-state index in [1.165, 1.54) is 11.3 Å². The van der Waals surface area contributed by atoms with Gasteiger partial charge in [0.2, 0.25) is 0 Å². The molecule has 1 saturated heterocycles. The molecule has 2 heterocycles. The average molecular weight is 274 g/mol.